The second-order valence-corrected chi connectivity index (χ2v) is 6.73. The minimum absolute atomic E-state index is 0.593. The molecule has 0 radical (unpaired) electrons. The molecule has 0 amide bonds. The highest BCUT2D eigenvalue weighted by molar-refractivity contribution is 5.73. The number of benzene rings is 1. The van der Waals surface area contributed by atoms with Crippen molar-refractivity contribution in [2.45, 2.75) is 26.7 Å². The van der Waals surface area contributed by atoms with Crippen molar-refractivity contribution in [3.8, 4) is 28.6 Å². The van der Waals surface area contributed by atoms with Crippen LogP contribution in [0.2, 0.25) is 0 Å². The van der Waals surface area contributed by atoms with Crippen LogP contribution in [0.25, 0.3) is 22.5 Å². The van der Waals surface area contributed by atoms with Crippen LogP contribution in [-0.4, -0.2) is 22.6 Å². The van der Waals surface area contributed by atoms with Gasteiger partial charge in [-0.25, -0.2) is 0 Å². The Kier molecular flexibility index (Phi) is 5.93. The number of hydrogen-bond acceptors (Lipinski definition) is 3. The molecule has 4 heteroatoms. The fourth-order valence-corrected chi connectivity index (χ4v) is 3.53. The van der Waals surface area contributed by atoms with Crippen molar-refractivity contribution in [3.05, 3.63) is 60.4 Å². The Hall–Kier alpha value is -3.06. The smallest absolute Gasteiger partial charge is 0.101 e. The molecule has 27 heavy (non-hydrogen) atoms. The highest BCUT2D eigenvalue weighted by Crippen LogP contribution is 2.30. The van der Waals surface area contributed by atoms with E-state index in [1.54, 1.807) is 12.4 Å². The van der Waals surface area contributed by atoms with Crippen LogP contribution in [0.3, 0.4) is 0 Å². The van der Waals surface area contributed by atoms with Crippen LogP contribution < -0.4 is 4.90 Å². The molecule has 0 unspecified atom stereocenters. The van der Waals surface area contributed by atoms with E-state index in [1.165, 1.54) is 11.3 Å². The normalized spacial score (nSPS) is 10.6. The second-order valence-electron chi connectivity index (χ2n) is 6.73. The molecule has 3 rings (SSSR count). The van der Waals surface area contributed by atoms with Crippen molar-refractivity contribution in [2.75, 3.05) is 18.0 Å². The third-order valence-electron chi connectivity index (χ3n) is 4.85. The van der Waals surface area contributed by atoms with Gasteiger partial charge in [-0.1, -0.05) is 26.0 Å². The molecule has 4 nitrogen and oxygen atoms in total. The van der Waals surface area contributed by atoms with Crippen molar-refractivity contribution in [3.63, 3.8) is 0 Å². The zero-order chi connectivity index (χ0) is 19.2. The summed E-state index contributed by atoms with van der Waals surface area (Å²) in [6.45, 7) is 6.61. The van der Waals surface area contributed by atoms with Gasteiger partial charge in [0.05, 0.1) is 5.56 Å². The largest absolute Gasteiger partial charge is 0.372 e. The van der Waals surface area contributed by atoms with Gasteiger partial charge in [-0.15, -0.1) is 0 Å². The molecule has 0 aliphatic heterocycles. The van der Waals surface area contributed by atoms with E-state index in [0.717, 1.165) is 42.9 Å². The fraction of sp³-hybridized carbons (Fsp3) is 0.304. The van der Waals surface area contributed by atoms with Gasteiger partial charge in [-0.3, -0.25) is 4.98 Å². The van der Waals surface area contributed by atoms with Gasteiger partial charge < -0.3 is 9.47 Å². The third-order valence-corrected chi connectivity index (χ3v) is 4.85. The van der Waals surface area contributed by atoms with Crippen molar-refractivity contribution in [1.29, 1.82) is 5.26 Å². The van der Waals surface area contributed by atoms with Crippen LogP contribution >= 0.6 is 0 Å². The molecule has 0 saturated heterocycles. The quantitative estimate of drug-likeness (QED) is 0.579. The minimum atomic E-state index is 0.593. The third kappa shape index (κ3) is 3.88. The maximum atomic E-state index is 9.36. The van der Waals surface area contributed by atoms with Crippen molar-refractivity contribution in [1.82, 2.24) is 9.55 Å². The number of rotatable bonds is 7. The Balaban J connectivity index is 1.92. The van der Waals surface area contributed by atoms with Gasteiger partial charge in [-0.2, -0.15) is 5.26 Å². The first-order valence-electron chi connectivity index (χ1n) is 9.55. The summed E-state index contributed by atoms with van der Waals surface area (Å²) in [6, 6.07) is 17.1. The predicted molar refractivity (Wildman–Crippen MR) is 112 cm³/mol. The van der Waals surface area contributed by atoms with Crippen LogP contribution in [0.1, 0.15) is 32.3 Å². The molecule has 0 bridgehead atoms. The van der Waals surface area contributed by atoms with Gasteiger partial charge in [0.15, 0.2) is 0 Å². The lowest BCUT2D eigenvalue weighted by Gasteiger charge is -2.24. The fourth-order valence-electron chi connectivity index (χ4n) is 3.53. The molecule has 3 aromatic rings. The first-order chi connectivity index (χ1) is 13.2. The van der Waals surface area contributed by atoms with Gasteiger partial charge in [0, 0.05) is 55.2 Å². The van der Waals surface area contributed by atoms with E-state index in [2.05, 4.69) is 70.8 Å². The lowest BCUT2D eigenvalue weighted by molar-refractivity contribution is 0.745. The van der Waals surface area contributed by atoms with Crippen LogP contribution in [0, 0.1) is 11.3 Å². The molecule has 138 valence electrons. The molecular formula is C23H26N4. The lowest BCUT2D eigenvalue weighted by atomic mass is 10.1. The molecule has 0 aliphatic carbocycles. The number of aromatic nitrogens is 2. The average molecular weight is 358 g/mol. The van der Waals surface area contributed by atoms with E-state index in [4.69, 9.17) is 0 Å². The zero-order valence-corrected chi connectivity index (χ0v) is 16.3. The zero-order valence-electron chi connectivity index (χ0n) is 16.3. The van der Waals surface area contributed by atoms with Crippen LogP contribution in [0.4, 0.5) is 5.69 Å². The van der Waals surface area contributed by atoms with Crippen LogP contribution in [0.5, 0.6) is 0 Å². The molecular weight excluding hydrogens is 332 g/mol. The molecule has 0 aliphatic rings. The molecule has 2 aromatic heterocycles. The Bertz CT molecular complexity index is 926. The van der Waals surface area contributed by atoms with Gasteiger partial charge in [0.2, 0.25) is 0 Å². The van der Waals surface area contributed by atoms with E-state index in [-0.39, 0.29) is 0 Å². The summed E-state index contributed by atoms with van der Waals surface area (Å²) in [5.74, 6) is 0. The van der Waals surface area contributed by atoms with Crippen LogP contribution in [-0.2, 0) is 7.05 Å². The van der Waals surface area contributed by atoms with Gasteiger partial charge in [0.1, 0.15) is 6.07 Å². The van der Waals surface area contributed by atoms with Crippen molar-refractivity contribution >= 4 is 5.69 Å². The molecule has 0 N–H and O–H groups in total. The SMILES string of the molecule is CCCN(CCC)c1ccc(-c2ccc(-c3ccncc3C#N)n2C)cc1. The van der Waals surface area contributed by atoms with E-state index in [1.807, 2.05) is 13.1 Å². The van der Waals surface area contributed by atoms with E-state index >= 15 is 0 Å². The minimum Gasteiger partial charge on any atom is -0.372 e. The van der Waals surface area contributed by atoms with Crippen LogP contribution in [0.15, 0.2) is 54.9 Å². The highest BCUT2D eigenvalue weighted by Gasteiger charge is 2.12. The Morgan fingerprint density at radius 1 is 0.963 bits per heavy atom. The highest BCUT2D eigenvalue weighted by atomic mass is 15.1. The Morgan fingerprint density at radius 3 is 2.26 bits per heavy atom. The summed E-state index contributed by atoms with van der Waals surface area (Å²) >= 11 is 0. The van der Waals surface area contributed by atoms with E-state index < -0.39 is 0 Å². The average Bonchev–Trinajstić information content (AvgIpc) is 3.09. The molecule has 0 fully saturated rings. The first-order valence-corrected chi connectivity index (χ1v) is 9.55. The van der Waals surface area contributed by atoms with Gasteiger partial charge in [-0.05, 0) is 48.7 Å². The number of hydrogen-bond donors (Lipinski definition) is 0. The molecule has 0 atom stereocenters. The number of anilines is 1. The van der Waals surface area contributed by atoms with E-state index in [9.17, 15) is 5.26 Å². The summed E-state index contributed by atoms with van der Waals surface area (Å²) in [5, 5.41) is 9.36. The standard InChI is InChI=1S/C23H26N4/c1-4-14-27(15-5-2)20-8-6-18(7-9-20)22-10-11-23(26(22)3)21-12-13-25-17-19(21)16-24/h6-13,17H,4-5,14-15H2,1-3H3. The number of pyridine rings is 1. The Labute approximate surface area is 161 Å². The topological polar surface area (TPSA) is 44.9 Å². The summed E-state index contributed by atoms with van der Waals surface area (Å²) in [4.78, 5) is 6.50. The molecule has 2 heterocycles. The van der Waals surface area contributed by atoms with Gasteiger partial charge in [0.25, 0.3) is 0 Å². The predicted octanol–water partition coefficient (Wildman–Crippen LogP) is 5.25. The summed E-state index contributed by atoms with van der Waals surface area (Å²) < 4.78 is 2.14. The maximum Gasteiger partial charge on any atom is 0.101 e. The van der Waals surface area contributed by atoms with Crippen molar-refractivity contribution in [2.24, 2.45) is 7.05 Å². The second kappa shape index (κ2) is 8.55. The van der Waals surface area contributed by atoms with Gasteiger partial charge >= 0.3 is 0 Å². The van der Waals surface area contributed by atoms with Crippen molar-refractivity contribution < 1.29 is 0 Å². The molecule has 0 spiro atoms. The summed E-state index contributed by atoms with van der Waals surface area (Å²) in [7, 11) is 2.04. The molecule has 1 aromatic carbocycles. The summed E-state index contributed by atoms with van der Waals surface area (Å²) in [6.07, 6.45) is 5.65. The first kappa shape index (κ1) is 18.7. The van der Waals surface area contributed by atoms with E-state index in [0.29, 0.717) is 5.56 Å². The summed E-state index contributed by atoms with van der Waals surface area (Å²) in [5.41, 5.74) is 6.11. The molecule has 0 saturated carbocycles. The number of nitrogens with zero attached hydrogens (tertiary/aromatic N) is 4. The maximum absolute atomic E-state index is 9.36. The Morgan fingerprint density at radius 2 is 1.63 bits per heavy atom. The monoisotopic (exact) mass is 358 g/mol. The number of nitriles is 1. The lowest BCUT2D eigenvalue weighted by Crippen LogP contribution is -2.24.